The molecule has 103 valence electrons. The van der Waals surface area contributed by atoms with Crippen LogP contribution in [-0.4, -0.2) is 13.3 Å². The van der Waals surface area contributed by atoms with Crippen molar-refractivity contribution in [2.24, 2.45) is 5.16 Å². The Morgan fingerprint density at radius 1 is 1.15 bits per heavy atom. The van der Waals surface area contributed by atoms with E-state index >= 15 is 0 Å². The molecule has 0 aliphatic heterocycles. The highest BCUT2D eigenvalue weighted by molar-refractivity contribution is 5.82. The summed E-state index contributed by atoms with van der Waals surface area (Å²) in [7, 11) is 1.53. The molecule has 0 atom stereocenters. The minimum Gasteiger partial charge on any atom is -0.496 e. The summed E-state index contributed by atoms with van der Waals surface area (Å²) in [6.45, 7) is -0.175. The van der Waals surface area contributed by atoms with Crippen molar-refractivity contribution >= 4 is 6.21 Å². The van der Waals surface area contributed by atoms with Gasteiger partial charge in [-0.05, 0) is 30.3 Å². The van der Waals surface area contributed by atoms with E-state index in [1.165, 1.54) is 7.11 Å². The lowest BCUT2D eigenvalue weighted by molar-refractivity contribution is 0.129. The average molecular weight is 276 g/mol. The topological polar surface area (TPSA) is 30.8 Å². The minimum absolute atomic E-state index is 0.0931. The number of halogens is 2. The summed E-state index contributed by atoms with van der Waals surface area (Å²) in [4.78, 5) is 4.91. The van der Waals surface area contributed by atoms with Crippen molar-refractivity contribution in [2.45, 2.75) is 6.61 Å². The molecule has 3 nitrogen and oxygen atoms in total. The van der Waals surface area contributed by atoms with Gasteiger partial charge in [0.05, 0.1) is 7.11 Å². The van der Waals surface area contributed by atoms with Crippen LogP contribution in [0.2, 0.25) is 0 Å². The third-order valence-electron chi connectivity index (χ3n) is 2.57. The molecule has 2 rings (SSSR count). The molecular formula is C15H12F2NO2. The van der Waals surface area contributed by atoms with Crippen molar-refractivity contribution in [2.75, 3.05) is 7.11 Å². The van der Waals surface area contributed by atoms with Gasteiger partial charge in [-0.2, -0.15) is 0 Å². The number of rotatable bonds is 5. The van der Waals surface area contributed by atoms with Gasteiger partial charge in [-0.25, -0.2) is 8.78 Å². The first-order valence-corrected chi connectivity index (χ1v) is 5.85. The van der Waals surface area contributed by atoms with Gasteiger partial charge < -0.3 is 9.57 Å². The lowest BCUT2D eigenvalue weighted by Gasteiger charge is -2.03. The molecule has 0 aromatic heterocycles. The van der Waals surface area contributed by atoms with E-state index in [2.05, 4.69) is 11.4 Å². The van der Waals surface area contributed by atoms with Crippen LogP contribution in [-0.2, 0) is 11.4 Å². The van der Waals surface area contributed by atoms with Crippen LogP contribution in [0.25, 0.3) is 0 Å². The second-order valence-corrected chi connectivity index (χ2v) is 3.91. The molecule has 1 radical (unpaired) electrons. The van der Waals surface area contributed by atoms with Gasteiger partial charge in [-0.3, -0.25) is 0 Å². The Balaban J connectivity index is 1.98. The second kappa shape index (κ2) is 6.65. The molecule has 5 heteroatoms. The molecule has 0 saturated carbocycles. The first-order valence-electron chi connectivity index (χ1n) is 5.85. The Morgan fingerprint density at radius 3 is 2.75 bits per heavy atom. The van der Waals surface area contributed by atoms with E-state index in [4.69, 9.17) is 9.57 Å². The highest BCUT2D eigenvalue weighted by Gasteiger charge is 2.04. The van der Waals surface area contributed by atoms with Gasteiger partial charge in [0, 0.05) is 11.1 Å². The van der Waals surface area contributed by atoms with Crippen LogP contribution < -0.4 is 4.74 Å². The summed E-state index contributed by atoms with van der Waals surface area (Å²) in [5.41, 5.74) is 0.699. The molecule has 0 spiro atoms. The standard InChI is InChI=1S/C15H12F2NO2/c1-19-15-5-3-2-4-11(15)9-18-20-10-12-8-13(16)6-7-14(12)17/h2-8H,10H2,1H3. The van der Waals surface area contributed by atoms with Gasteiger partial charge in [-0.15, -0.1) is 0 Å². The number of para-hydroxylation sites is 1. The Morgan fingerprint density at radius 2 is 1.95 bits per heavy atom. The Kier molecular flexibility index (Phi) is 4.65. The lowest BCUT2D eigenvalue weighted by Crippen LogP contribution is -1.94. The number of ether oxygens (including phenoxy) is 1. The number of hydrogen-bond donors (Lipinski definition) is 0. The molecule has 0 amide bonds. The van der Waals surface area contributed by atoms with E-state index in [-0.39, 0.29) is 12.2 Å². The molecule has 0 N–H and O–H groups in total. The molecular weight excluding hydrogens is 264 g/mol. The van der Waals surface area contributed by atoms with Crippen LogP contribution in [0.15, 0.2) is 47.6 Å². The zero-order valence-corrected chi connectivity index (χ0v) is 10.8. The van der Waals surface area contributed by atoms with Gasteiger partial charge in [0.2, 0.25) is 0 Å². The summed E-state index contributed by atoms with van der Waals surface area (Å²) in [6, 6.07) is 10.3. The molecule has 0 bridgehead atoms. The fourth-order valence-corrected chi connectivity index (χ4v) is 1.57. The number of benzene rings is 2. The molecule has 0 aliphatic rings. The number of methoxy groups -OCH3 is 1. The van der Waals surface area contributed by atoms with Crippen molar-refractivity contribution in [3.05, 3.63) is 65.2 Å². The van der Waals surface area contributed by atoms with Crippen molar-refractivity contribution in [1.82, 2.24) is 0 Å². The Hall–Kier alpha value is -2.43. The predicted octanol–water partition coefficient (Wildman–Crippen LogP) is 3.40. The monoisotopic (exact) mass is 276 g/mol. The lowest BCUT2D eigenvalue weighted by atomic mass is 10.2. The summed E-state index contributed by atoms with van der Waals surface area (Å²) in [5, 5.41) is 3.60. The maximum Gasteiger partial charge on any atom is 0.145 e. The quantitative estimate of drug-likeness (QED) is 0.619. The van der Waals surface area contributed by atoms with Crippen molar-refractivity contribution in [1.29, 1.82) is 0 Å². The van der Waals surface area contributed by atoms with E-state index in [0.717, 1.165) is 18.2 Å². The van der Waals surface area contributed by atoms with E-state index in [1.807, 2.05) is 6.07 Å². The van der Waals surface area contributed by atoms with Crippen LogP contribution in [0.5, 0.6) is 5.75 Å². The minimum atomic E-state index is -0.543. The van der Waals surface area contributed by atoms with Gasteiger partial charge in [-0.1, -0.05) is 17.3 Å². The van der Waals surface area contributed by atoms with Crippen LogP contribution >= 0.6 is 0 Å². The third kappa shape index (κ3) is 3.54. The van der Waals surface area contributed by atoms with Crippen LogP contribution in [0, 0.1) is 11.6 Å². The van der Waals surface area contributed by atoms with Crippen LogP contribution in [0.1, 0.15) is 11.1 Å². The molecule has 2 aromatic carbocycles. The van der Waals surface area contributed by atoms with Crippen molar-refractivity contribution in [3.8, 4) is 5.75 Å². The molecule has 2 aromatic rings. The smallest absolute Gasteiger partial charge is 0.145 e. The molecule has 0 heterocycles. The summed E-state index contributed by atoms with van der Waals surface area (Å²) < 4.78 is 31.4. The molecule has 0 aliphatic carbocycles. The zero-order chi connectivity index (χ0) is 14.4. The Labute approximate surface area is 115 Å². The van der Waals surface area contributed by atoms with Gasteiger partial charge in [0.15, 0.2) is 0 Å². The molecule has 0 fully saturated rings. The largest absolute Gasteiger partial charge is 0.496 e. The SMILES string of the molecule is COc1ccccc1/[C]=N\OCc1cc(F)ccc1F. The predicted molar refractivity (Wildman–Crippen MR) is 70.7 cm³/mol. The fraction of sp³-hybridized carbons (Fsp3) is 0.133. The normalized spacial score (nSPS) is 10.8. The molecule has 0 saturated heterocycles. The number of hydrogen-bond acceptors (Lipinski definition) is 3. The van der Waals surface area contributed by atoms with Crippen LogP contribution in [0.3, 0.4) is 0 Å². The second-order valence-electron chi connectivity index (χ2n) is 3.91. The molecule has 0 unspecified atom stereocenters. The Bertz CT molecular complexity index is 615. The average Bonchev–Trinajstić information content (AvgIpc) is 2.47. The summed E-state index contributed by atoms with van der Waals surface area (Å²) in [6.07, 6.45) is 2.63. The van der Waals surface area contributed by atoms with E-state index in [9.17, 15) is 8.78 Å². The third-order valence-corrected chi connectivity index (χ3v) is 2.57. The first-order chi connectivity index (χ1) is 9.70. The fourth-order valence-electron chi connectivity index (χ4n) is 1.57. The van der Waals surface area contributed by atoms with Crippen LogP contribution in [0.4, 0.5) is 8.78 Å². The zero-order valence-electron chi connectivity index (χ0n) is 10.8. The first kappa shape index (κ1) is 14.0. The van der Waals surface area contributed by atoms with Gasteiger partial charge >= 0.3 is 0 Å². The summed E-state index contributed by atoms with van der Waals surface area (Å²) >= 11 is 0. The highest BCUT2D eigenvalue weighted by atomic mass is 19.1. The van der Waals surface area contributed by atoms with Crippen molar-refractivity contribution < 1.29 is 18.4 Å². The van der Waals surface area contributed by atoms with Gasteiger partial charge in [0.25, 0.3) is 0 Å². The van der Waals surface area contributed by atoms with E-state index < -0.39 is 11.6 Å². The highest BCUT2D eigenvalue weighted by Crippen LogP contribution is 2.15. The maximum absolute atomic E-state index is 13.3. The number of nitrogens with zero attached hydrogens (tertiary/aromatic N) is 1. The molecule has 20 heavy (non-hydrogen) atoms. The van der Waals surface area contributed by atoms with Gasteiger partial charge in [0.1, 0.15) is 30.2 Å². The van der Waals surface area contributed by atoms with Crippen molar-refractivity contribution in [3.63, 3.8) is 0 Å². The maximum atomic E-state index is 13.3. The summed E-state index contributed by atoms with van der Waals surface area (Å²) in [5.74, 6) is -0.474. The van der Waals surface area contributed by atoms with E-state index in [0.29, 0.717) is 11.3 Å². The van der Waals surface area contributed by atoms with E-state index in [1.54, 1.807) is 18.2 Å².